The molecule has 0 fully saturated rings. The fourth-order valence-electron chi connectivity index (χ4n) is 2.17. The van der Waals surface area contributed by atoms with Crippen molar-refractivity contribution in [2.75, 3.05) is 6.61 Å². The summed E-state index contributed by atoms with van der Waals surface area (Å²) in [5.41, 5.74) is 4.64. The normalized spacial score (nSPS) is 12.2. The first-order valence-corrected chi connectivity index (χ1v) is 6.60. The Kier molecular flexibility index (Phi) is 5.09. The summed E-state index contributed by atoms with van der Waals surface area (Å²) in [6.45, 7) is 2.41. The maximum atomic E-state index is 13.1. The van der Waals surface area contributed by atoms with Crippen LogP contribution in [-0.4, -0.2) is 6.61 Å². The van der Waals surface area contributed by atoms with E-state index in [2.05, 4.69) is 5.43 Å². The quantitative estimate of drug-likeness (QED) is 0.628. The minimum absolute atomic E-state index is 0.0562. The molecule has 0 amide bonds. The Morgan fingerprint density at radius 3 is 2.60 bits per heavy atom. The molecule has 3 N–H and O–H groups in total. The number of hydrogen-bond donors (Lipinski definition) is 2. The molecular formula is C16H19FN2O. The van der Waals surface area contributed by atoms with Crippen molar-refractivity contribution in [3.63, 3.8) is 0 Å². The minimum Gasteiger partial charge on any atom is -0.494 e. The number of nitrogens with two attached hydrogens (primary N) is 1. The van der Waals surface area contributed by atoms with Gasteiger partial charge < -0.3 is 4.74 Å². The number of hydrogen-bond acceptors (Lipinski definition) is 3. The van der Waals surface area contributed by atoms with E-state index in [1.54, 1.807) is 6.07 Å². The molecule has 1 atom stereocenters. The number of aryl methyl sites for hydroxylation is 1. The molecule has 2 rings (SSSR count). The van der Waals surface area contributed by atoms with Gasteiger partial charge in [0.2, 0.25) is 0 Å². The molecule has 20 heavy (non-hydrogen) atoms. The predicted molar refractivity (Wildman–Crippen MR) is 77.8 cm³/mol. The van der Waals surface area contributed by atoms with Crippen LogP contribution in [0.5, 0.6) is 5.75 Å². The number of halogens is 1. The summed E-state index contributed by atoms with van der Waals surface area (Å²) < 4.78 is 18.8. The van der Waals surface area contributed by atoms with Crippen molar-refractivity contribution in [1.82, 2.24) is 5.43 Å². The Labute approximate surface area is 118 Å². The lowest BCUT2D eigenvalue weighted by Crippen LogP contribution is -2.29. The molecular weight excluding hydrogens is 255 g/mol. The van der Waals surface area contributed by atoms with Crippen LogP contribution in [0.15, 0.2) is 48.5 Å². The van der Waals surface area contributed by atoms with E-state index in [4.69, 9.17) is 10.6 Å². The van der Waals surface area contributed by atoms with E-state index >= 15 is 0 Å². The Bertz CT molecular complexity index is 545. The summed E-state index contributed by atoms with van der Waals surface area (Å²) in [6, 6.07) is 14.3. The molecule has 0 saturated heterocycles. The van der Waals surface area contributed by atoms with Gasteiger partial charge in [-0.05, 0) is 42.3 Å². The van der Waals surface area contributed by atoms with Gasteiger partial charge in [0.1, 0.15) is 11.6 Å². The van der Waals surface area contributed by atoms with E-state index in [1.165, 1.54) is 12.1 Å². The maximum Gasteiger partial charge on any atom is 0.123 e. The van der Waals surface area contributed by atoms with Gasteiger partial charge in [0, 0.05) is 12.5 Å². The fraction of sp³-hybridized carbons (Fsp3) is 0.250. The van der Waals surface area contributed by atoms with Gasteiger partial charge >= 0.3 is 0 Å². The molecule has 0 heterocycles. The molecule has 0 radical (unpaired) electrons. The lowest BCUT2D eigenvalue weighted by molar-refractivity contribution is 0.287. The van der Waals surface area contributed by atoms with Crippen LogP contribution < -0.4 is 16.0 Å². The van der Waals surface area contributed by atoms with Gasteiger partial charge in [0.05, 0.1) is 6.61 Å². The van der Waals surface area contributed by atoms with Gasteiger partial charge in [-0.3, -0.25) is 11.3 Å². The van der Waals surface area contributed by atoms with Crippen LogP contribution in [0.1, 0.15) is 23.6 Å². The average Bonchev–Trinajstić information content (AvgIpc) is 2.46. The zero-order chi connectivity index (χ0) is 14.4. The first-order valence-electron chi connectivity index (χ1n) is 6.60. The zero-order valence-corrected chi connectivity index (χ0v) is 11.5. The smallest absolute Gasteiger partial charge is 0.123 e. The Morgan fingerprint density at radius 2 is 1.95 bits per heavy atom. The van der Waals surface area contributed by atoms with Gasteiger partial charge in [-0.25, -0.2) is 4.39 Å². The molecule has 4 heteroatoms. The van der Waals surface area contributed by atoms with Crippen LogP contribution >= 0.6 is 0 Å². The highest BCUT2D eigenvalue weighted by atomic mass is 19.1. The number of rotatable bonds is 6. The first-order chi connectivity index (χ1) is 9.70. The summed E-state index contributed by atoms with van der Waals surface area (Å²) in [7, 11) is 0. The second-order valence-electron chi connectivity index (χ2n) is 4.67. The fourth-order valence-corrected chi connectivity index (χ4v) is 2.17. The molecule has 3 nitrogen and oxygen atoms in total. The number of nitrogens with one attached hydrogen (secondary N) is 1. The van der Waals surface area contributed by atoms with E-state index < -0.39 is 0 Å². The Hall–Kier alpha value is -1.91. The van der Waals surface area contributed by atoms with Crippen LogP contribution in [0, 0.1) is 12.7 Å². The molecule has 2 aromatic carbocycles. The highest BCUT2D eigenvalue weighted by Crippen LogP contribution is 2.21. The van der Waals surface area contributed by atoms with Crippen molar-refractivity contribution in [3.05, 3.63) is 65.5 Å². The van der Waals surface area contributed by atoms with Crippen molar-refractivity contribution in [2.24, 2.45) is 5.84 Å². The first kappa shape index (κ1) is 14.5. The lowest BCUT2D eigenvalue weighted by atomic mass is 9.99. The van der Waals surface area contributed by atoms with Crippen molar-refractivity contribution in [1.29, 1.82) is 0 Å². The summed E-state index contributed by atoms with van der Waals surface area (Å²) in [5.74, 6) is 6.19. The Morgan fingerprint density at radius 1 is 1.20 bits per heavy atom. The van der Waals surface area contributed by atoms with E-state index in [-0.39, 0.29) is 11.9 Å². The van der Waals surface area contributed by atoms with Crippen molar-refractivity contribution in [3.8, 4) is 5.75 Å². The largest absolute Gasteiger partial charge is 0.494 e. The molecule has 0 aliphatic carbocycles. The molecule has 0 bridgehead atoms. The Balaban J connectivity index is 1.95. The van der Waals surface area contributed by atoms with Crippen LogP contribution in [-0.2, 0) is 0 Å². The van der Waals surface area contributed by atoms with Crippen LogP contribution in [0.4, 0.5) is 4.39 Å². The molecule has 106 valence electrons. The van der Waals surface area contributed by atoms with E-state index in [9.17, 15) is 4.39 Å². The molecule has 2 aromatic rings. The second kappa shape index (κ2) is 7.03. The third kappa shape index (κ3) is 3.79. The van der Waals surface area contributed by atoms with E-state index in [0.29, 0.717) is 13.0 Å². The zero-order valence-electron chi connectivity index (χ0n) is 11.5. The maximum absolute atomic E-state index is 13.1. The summed E-state index contributed by atoms with van der Waals surface area (Å²) in [6.07, 6.45) is 0.706. The topological polar surface area (TPSA) is 47.3 Å². The molecule has 0 saturated carbocycles. The van der Waals surface area contributed by atoms with Gasteiger partial charge in [0.15, 0.2) is 0 Å². The standard InChI is InChI=1S/C16H19FN2O/c1-12-11-13(17)7-8-15(12)16(19-18)9-10-20-14-5-3-2-4-6-14/h2-8,11,16,19H,9-10,18H2,1H3. The lowest BCUT2D eigenvalue weighted by Gasteiger charge is -2.18. The van der Waals surface area contributed by atoms with Gasteiger partial charge in [-0.1, -0.05) is 24.3 Å². The highest BCUT2D eigenvalue weighted by molar-refractivity contribution is 5.29. The highest BCUT2D eigenvalue weighted by Gasteiger charge is 2.12. The SMILES string of the molecule is Cc1cc(F)ccc1C(CCOc1ccccc1)NN. The summed E-state index contributed by atoms with van der Waals surface area (Å²) in [5, 5.41) is 0. The average molecular weight is 274 g/mol. The van der Waals surface area contributed by atoms with Crippen molar-refractivity contribution >= 4 is 0 Å². The number of para-hydroxylation sites is 1. The monoisotopic (exact) mass is 274 g/mol. The summed E-state index contributed by atoms with van der Waals surface area (Å²) in [4.78, 5) is 0. The van der Waals surface area contributed by atoms with E-state index in [0.717, 1.165) is 16.9 Å². The van der Waals surface area contributed by atoms with Gasteiger partial charge in [-0.15, -0.1) is 0 Å². The molecule has 0 aliphatic rings. The van der Waals surface area contributed by atoms with Gasteiger partial charge in [0.25, 0.3) is 0 Å². The molecule has 0 spiro atoms. The third-order valence-electron chi connectivity index (χ3n) is 3.23. The number of hydrazine groups is 1. The van der Waals surface area contributed by atoms with Crippen molar-refractivity contribution in [2.45, 2.75) is 19.4 Å². The second-order valence-corrected chi connectivity index (χ2v) is 4.67. The van der Waals surface area contributed by atoms with Gasteiger partial charge in [-0.2, -0.15) is 0 Å². The predicted octanol–water partition coefficient (Wildman–Crippen LogP) is 3.11. The minimum atomic E-state index is -0.234. The van der Waals surface area contributed by atoms with Crippen LogP contribution in [0.3, 0.4) is 0 Å². The molecule has 1 unspecified atom stereocenters. The van der Waals surface area contributed by atoms with E-state index in [1.807, 2.05) is 37.3 Å². The number of benzene rings is 2. The van der Waals surface area contributed by atoms with Crippen LogP contribution in [0.25, 0.3) is 0 Å². The van der Waals surface area contributed by atoms with Crippen LogP contribution in [0.2, 0.25) is 0 Å². The third-order valence-corrected chi connectivity index (χ3v) is 3.23. The molecule has 0 aromatic heterocycles. The molecule has 0 aliphatic heterocycles. The summed E-state index contributed by atoms with van der Waals surface area (Å²) >= 11 is 0. The van der Waals surface area contributed by atoms with Crippen molar-refractivity contribution < 1.29 is 9.13 Å². The number of ether oxygens (including phenoxy) is 1.